The van der Waals surface area contributed by atoms with Crippen LogP contribution in [-0.4, -0.2) is 45.2 Å². The first kappa shape index (κ1) is 22.2. The van der Waals surface area contributed by atoms with Crippen molar-refractivity contribution < 1.29 is 14.3 Å². The van der Waals surface area contributed by atoms with Crippen LogP contribution in [0.15, 0.2) is 47.5 Å². The Kier molecular flexibility index (Phi) is 7.78. The number of halogens is 1. The molecule has 160 valence electrons. The van der Waals surface area contributed by atoms with Crippen molar-refractivity contribution in [1.29, 1.82) is 0 Å². The average molecular weight is 522 g/mol. The Bertz CT molecular complexity index is 919. The number of ether oxygens (including phenoxy) is 2. The van der Waals surface area contributed by atoms with Gasteiger partial charge >= 0.3 is 0 Å². The number of carbonyl (C=O) groups excluding carboxylic acids is 1. The summed E-state index contributed by atoms with van der Waals surface area (Å²) in [6.07, 6.45) is 2.86. The number of anilines is 2. The summed E-state index contributed by atoms with van der Waals surface area (Å²) in [5.74, 6) is 2.01. The molecule has 4 rings (SSSR count). The van der Waals surface area contributed by atoms with E-state index in [1.165, 1.54) is 5.56 Å². The second kappa shape index (κ2) is 10.5. The summed E-state index contributed by atoms with van der Waals surface area (Å²) in [5, 5.41) is 6.32. The number of carbonyl (C=O) groups is 1. The molecule has 0 saturated heterocycles. The normalized spacial score (nSPS) is 15.4. The third-order valence-electron chi connectivity index (χ3n) is 5.05. The van der Waals surface area contributed by atoms with Gasteiger partial charge in [-0.15, -0.1) is 24.0 Å². The quantitative estimate of drug-likeness (QED) is 0.367. The third kappa shape index (κ3) is 5.16. The number of benzene rings is 2. The Balaban J connectivity index is 0.00000256. The SMILES string of the molecule is CN=C(NCC(=O)N1CCCc2ccccc21)Nc1ccc2c(c1)OCCCO2.I. The molecule has 7 nitrogen and oxygen atoms in total. The maximum atomic E-state index is 12.8. The molecule has 0 fully saturated rings. The number of rotatable bonds is 3. The minimum Gasteiger partial charge on any atom is -0.490 e. The zero-order valence-corrected chi connectivity index (χ0v) is 19.3. The van der Waals surface area contributed by atoms with Crippen LogP contribution in [0.2, 0.25) is 0 Å². The highest BCUT2D eigenvalue weighted by Crippen LogP contribution is 2.32. The van der Waals surface area contributed by atoms with Gasteiger partial charge in [0.15, 0.2) is 17.5 Å². The number of amides is 1. The average Bonchev–Trinajstić information content (AvgIpc) is 3.01. The highest BCUT2D eigenvalue weighted by atomic mass is 127. The van der Waals surface area contributed by atoms with Crippen LogP contribution >= 0.6 is 24.0 Å². The van der Waals surface area contributed by atoms with Crippen LogP contribution in [0.1, 0.15) is 18.4 Å². The van der Waals surface area contributed by atoms with Crippen LogP contribution < -0.4 is 25.0 Å². The van der Waals surface area contributed by atoms with Crippen molar-refractivity contribution >= 4 is 47.2 Å². The molecule has 0 bridgehead atoms. The predicted molar refractivity (Wildman–Crippen MR) is 130 cm³/mol. The van der Waals surface area contributed by atoms with Gasteiger partial charge in [-0.05, 0) is 36.6 Å². The lowest BCUT2D eigenvalue weighted by Crippen LogP contribution is -2.44. The fourth-order valence-electron chi connectivity index (χ4n) is 3.60. The van der Waals surface area contributed by atoms with Gasteiger partial charge in [0.05, 0.1) is 19.8 Å². The van der Waals surface area contributed by atoms with Crippen LogP contribution in [0.3, 0.4) is 0 Å². The van der Waals surface area contributed by atoms with Crippen molar-refractivity contribution in [2.24, 2.45) is 4.99 Å². The molecule has 30 heavy (non-hydrogen) atoms. The summed E-state index contributed by atoms with van der Waals surface area (Å²) in [6, 6.07) is 13.8. The lowest BCUT2D eigenvalue weighted by molar-refractivity contribution is -0.117. The Morgan fingerprint density at radius 2 is 1.90 bits per heavy atom. The van der Waals surface area contributed by atoms with Crippen molar-refractivity contribution in [2.75, 3.05) is 43.6 Å². The zero-order valence-electron chi connectivity index (χ0n) is 17.0. The van der Waals surface area contributed by atoms with Crippen LogP contribution in [0.5, 0.6) is 11.5 Å². The fourth-order valence-corrected chi connectivity index (χ4v) is 3.60. The lowest BCUT2D eigenvalue weighted by Gasteiger charge is -2.29. The largest absolute Gasteiger partial charge is 0.490 e. The minimum atomic E-state index is 0. The van der Waals surface area contributed by atoms with E-state index in [-0.39, 0.29) is 36.4 Å². The van der Waals surface area contributed by atoms with E-state index >= 15 is 0 Å². The molecular weight excluding hydrogens is 495 g/mol. The number of guanidine groups is 1. The van der Waals surface area contributed by atoms with Crippen LogP contribution in [0.25, 0.3) is 0 Å². The van der Waals surface area contributed by atoms with Gasteiger partial charge in [0.2, 0.25) is 5.91 Å². The number of aryl methyl sites for hydroxylation is 1. The smallest absolute Gasteiger partial charge is 0.246 e. The van der Waals surface area contributed by atoms with Gasteiger partial charge < -0.3 is 25.0 Å². The molecule has 1 amide bonds. The number of para-hydroxylation sites is 1. The van der Waals surface area contributed by atoms with Crippen molar-refractivity contribution in [2.45, 2.75) is 19.3 Å². The summed E-state index contributed by atoms with van der Waals surface area (Å²) >= 11 is 0. The molecule has 0 unspecified atom stereocenters. The summed E-state index contributed by atoms with van der Waals surface area (Å²) < 4.78 is 11.4. The summed E-state index contributed by atoms with van der Waals surface area (Å²) in [4.78, 5) is 18.9. The zero-order chi connectivity index (χ0) is 20.1. The Morgan fingerprint density at radius 1 is 1.10 bits per heavy atom. The van der Waals surface area contributed by atoms with Crippen molar-refractivity contribution in [3.8, 4) is 11.5 Å². The molecule has 0 atom stereocenters. The van der Waals surface area contributed by atoms with Gasteiger partial charge in [-0.2, -0.15) is 0 Å². The third-order valence-corrected chi connectivity index (χ3v) is 5.05. The van der Waals surface area contributed by atoms with Crippen LogP contribution in [0.4, 0.5) is 11.4 Å². The van der Waals surface area contributed by atoms with E-state index in [1.807, 2.05) is 41.3 Å². The van der Waals surface area contributed by atoms with Crippen LogP contribution in [-0.2, 0) is 11.2 Å². The topological polar surface area (TPSA) is 75.2 Å². The second-order valence-electron chi connectivity index (χ2n) is 7.04. The van der Waals surface area contributed by atoms with E-state index in [9.17, 15) is 4.79 Å². The lowest BCUT2D eigenvalue weighted by atomic mass is 10.0. The number of nitrogens with zero attached hydrogens (tertiary/aromatic N) is 2. The van der Waals surface area contributed by atoms with Crippen LogP contribution in [0, 0.1) is 0 Å². The number of aliphatic imine (C=N–C) groups is 1. The fraction of sp³-hybridized carbons (Fsp3) is 0.364. The Hall–Kier alpha value is -2.49. The van der Waals surface area contributed by atoms with Crippen molar-refractivity contribution in [3.05, 3.63) is 48.0 Å². The summed E-state index contributed by atoms with van der Waals surface area (Å²) in [7, 11) is 1.68. The molecule has 2 aliphatic heterocycles. The molecule has 0 aliphatic carbocycles. The predicted octanol–water partition coefficient (Wildman–Crippen LogP) is 3.43. The first-order chi connectivity index (χ1) is 14.2. The monoisotopic (exact) mass is 522 g/mol. The minimum absolute atomic E-state index is 0. The molecule has 0 radical (unpaired) electrons. The van der Waals surface area contributed by atoms with E-state index in [1.54, 1.807) is 7.05 Å². The molecule has 2 heterocycles. The van der Waals surface area contributed by atoms with E-state index in [0.29, 0.717) is 24.9 Å². The van der Waals surface area contributed by atoms with E-state index < -0.39 is 0 Å². The molecule has 2 N–H and O–H groups in total. The molecule has 0 spiro atoms. The summed E-state index contributed by atoms with van der Waals surface area (Å²) in [6.45, 7) is 2.20. The number of fused-ring (bicyclic) bond motifs is 2. The first-order valence-corrected chi connectivity index (χ1v) is 10.0. The van der Waals surface area contributed by atoms with E-state index in [2.05, 4.69) is 21.7 Å². The van der Waals surface area contributed by atoms with E-state index in [4.69, 9.17) is 9.47 Å². The first-order valence-electron chi connectivity index (χ1n) is 10.0. The number of nitrogens with one attached hydrogen (secondary N) is 2. The molecular formula is C22H27IN4O3. The van der Waals surface area contributed by atoms with Gasteiger partial charge in [-0.25, -0.2) is 0 Å². The number of hydrogen-bond acceptors (Lipinski definition) is 4. The standard InChI is InChI=1S/C22H26N4O3.HI/c1-23-22(25-17-9-10-19-20(14-17)29-13-5-12-28-19)24-15-21(27)26-11-4-7-16-6-2-3-8-18(16)26;/h2-3,6,8-10,14H,4-5,7,11-13,15H2,1H3,(H2,23,24,25);1H. The van der Waals surface area contributed by atoms with Gasteiger partial charge in [0.25, 0.3) is 0 Å². The molecule has 0 saturated carbocycles. The highest BCUT2D eigenvalue weighted by molar-refractivity contribution is 14.0. The maximum Gasteiger partial charge on any atom is 0.246 e. The van der Waals surface area contributed by atoms with Crippen molar-refractivity contribution in [3.63, 3.8) is 0 Å². The highest BCUT2D eigenvalue weighted by Gasteiger charge is 2.22. The molecule has 8 heteroatoms. The van der Waals surface area contributed by atoms with Gasteiger partial charge in [0.1, 0.15) is 0 Å². The van der Waals surface area contributed by atoms with E-state index in [0.717, 1.165) is 42.9 Å². The molecule has 2 aliphatic rings. The Labute approximate surface area is 193 Å². The maximum absolute atomic E-state index is 12.8. The second-order valence-corrected chi connectivity index (χ2v) is 7.04. The number of hydrogen-bond donors (Lipinski definition) is 2. The van der Waals surface area contributed by atoms with Gasteiger partial charge in [-0.1, -0.05) is 18.2 Å². The molecule has 0 aromatic heterocycles. The van der Waals surface area contributed by atoms with Gasteiger partial charge in [0, 0.05) is 37.5 Å². The van der Waals surface area contributed by atoms with Gasteiger partial charge in [-0.3, -0.25) is 9.79 Å². The summed E-state index contributed by atoms with van der Waals surface area (Å²) in [5.41, 5.74) is 3.05. The van der Waals surface area contributed by atoms with Crippen molar-refractivity contribution in [1.82, 2.24) is 5.32 Å². The molecule has 2 aromatic carbocycles. The molecule has 2 aromatic rings. The Morgan fingerprint density at radius 3 is 2.73 bits per heavy atom.